The molecule has 15 heavy (non-hydrogen) atoms. The first-order valence-corrected chi connectivity index (χ1v) is 4.38. The molecule has 0 spiro atoms. The van der Waals surface area contributed by atoms with Gasteiger partial charge in [0, 0.05) is 11.8 Å². The smallest absolute Gasteiger partial charge is 0.218 e. The summed E-state index contributed by atoms with van der Waals surface area (Å²) >= 11 is 0. The molecule has 76 valence electrons. The molecule has 4 heteroatoms. The van der Waals surface area contributed by atoms with Crippen molar-refractivity contribution in [2.75, 3.05) is 5.73 Å². The SMILES string of the molecule is Nc1ccc(-c2cccnc2O)cc1F. The van der Waals surface area contributed by atoms with Crippen molar-refractivity contribution in [2.45, 2.75) is 0 Å². The fourth-order valence-corrected chi connectivity index (χ4v) is 1.32. The van der Waals surface area contributed by atoms with Gasteiger partial charge in [-0.2, -0.15) is 0 Å². The van der Waals surface area contributed by atoms with Gasteiger partial charge < -0.3 is 10.8 Å². The molecule has 0 amide bonds. The van der Waals surface area contributed by atoms with Crippen LogP contribution in [0.1, 0.15) is 0 Å². The summed E-state index contributed by atoms with van der Waals surface area (Å²) in [4.78, 5) is 3.71. The first-order valence-electron chi connectivity index (χ1n) is 4.38. The van der Waals surface area contributed by atoms with E-state index in [0.717, 1.165) is 0 Å². The maximum absolute atomic E-state index is 13.2. The maximum atomic E-state index is 13.2. The van der Waals surface area contributed by atoms with Crippen molar-refractivity contribution >= 4 is 5.69 Å². The lowest BCUT2D eigenvalue weighted by Crippen LogP contribution is -1.90. The van der Waals surface area contributed by atoms with E-state index in [-0.39, 0.29) is 11.6 Å². The standard InChI is InChI=1S/C11H9FN2O/c12-9-6-7(3-4-10(9)13)8-2-1-5-14-11(8)15/h1-6H,13H2,(H,14,15). The molecule has 0 bridgehead atoms. The fourth-order valence-electron chi connectivity index (χ4n) is 1.32. The van der Waals surface area contributed by atoms with E-state index in [1.165, 1.54) is 18.3 Å². The minimum Gasteiger partial charge on any atom is -0.493 e. The van der Waals surface area contributed by atoms with E-state index in [1.54, 1.807) is 18.2 Å². The van der Waals surface area contributed by atoms with Crippen molar-refractivity contribution in [3.63, 3.8) is 0 Å². The molecule has 1 heterocycles. The van der Waals surface area contributed by atoms with Crippen molar-refractivity contribution in [1.82, 2.24) is 4.98 Å². The van der Waals surface area contributed by atoms with Crippen LogP contribution < -0.4 is 5.73 Å². The number of hydrogen-bond acceptors (Lipinski definition) is 3. The number of nitrogens with two attached hydrogens (primary N) is 1. The van der Waals surface area contributed by atoms with Crippen LogP contribution in [0.2, 0.25) is 0 Å². The van der Waals surface area contributed by atoms with Crippen molar-refractivity contribution in [3.8, 4) is 17.0 Å². The van der Waals surface area contributed by atoms with Crippen molar-refractivity contribution < 1.29 is 9.50 Å². The molecule has 3 nitrogen and oxygen atoms in total. The average molecular weight is 204 g/mol. The van der Waals surface area contributed by atoms with Gasteiger partial charge in [0.05, 0.1) is 5.69 Å². The van der Waals surface area contributed by atoms with Crippen LogP contribution in [0.25, 0.3) is 11.1 Å². The predicted molar refractivity (Wildman–Crippen MR) is 55.7 cm³/mol. The van der Waals surface area contributed by atoms with Gasteiger partial charge in [0.2, 0.25) is 5.88 Å². The number of hydrogen-bond donors (Lipinski definition) is 2. The largest absolute Gasteiger partial charge is 0.493 e. The van der Waals surface area contributed by atoms with Gasteiger partial charge in [-0.25, -0.2) is 9.37 Å². The van der Waals surface area contributed by atoms with Crippen molar-refractivity contribution in [1.29, 1.82) is 0 Å². The number of anilines is 1. The first-order chi connectivity index (χ1) is 7.18. The lowest BCUT2D eigenvalue weighted by atomic mass is 10.1. The van der Waals surface area contributed by atoms with Gasteiger partial charge in [0.1, 0.15) is 5.82 Å². The zero-order valence-corrected chi connectivity index (χ0v) is 7.81. The number of aromatic nitrogens is 1. The summed E-state index contributed by atoms with van der Waals surface area (Å²) in [7, 11) is 0. The quantitative estimate of drug-likeness (QED) is 0.700. The third-order valence-corrected chi connectivity index (χ3v) is 2.10. The lowest BCUT2D eigenvalue weighted by Gasteiger charge is -2.04. The number of rotatable bonds is 1. The van der Waals surface area contributed by atoms with E-state index in [2.05, 4.69) is 4.98 Å². The van der Waals surface area contributed by atoms with Crippen LogP contribution in [-0.4, -0.2) is 10.1 Å². The van der Waals surface area contributed by atoms with Crippen LogP contribution in [0, 0.1) is 5.82 Å². The van der Waals surface area contributed by atoms with E-state index in [1.807, 2.05) is 0 Å². The Hall–Kier alpha value is -2.10. The molecule has 0 atom stereocenters. The van der Waals surface area contributed by atoms with E-state index in [4.69, 9.17) is 5.73 Å². The second-order valence-electron chi connectivity index (χ2n) is 3.11. The van der Waals surface area contributed by atoms with E-state index >= 15 is 0 Å². The van der Waals surface area contributed by atoms with Crippen LogP contribution in [0.4, 0.5) is 10.1 Å². The molecule has 0 saturated carbocycles. The second kappa shape index (κ2) is 3.57. The Bertz CT molecular complexity index is 500. The number of nitrogens with zero attached hydrogens (tertiary/aromatic N) is 1. The molecule has 0 saturated heterocycles. The molecule has 2 aromatic rings. The zero-order chi connectivity index (χ0) is 10.8. The lowest BCUT2D eigenvalue weighted by molar-refractivity contribution is 0.455. The maximum Gasteiger partial charge on any atom is 0.218 e. The molecule has 3 N–H and O–H groups in total. The highest BCUT2D eigenvalue weighted by Gasteiger charge is 2.06. The molecule has 0 radical (unpaired) electrons. The third kappa shape index (κ3) is 1.74. The van der Waals surface area contributed by atoms with Crippen molar-refractivity contribution in [2.24, 2.45) is 0 Å². The first kappa shape index (κ1) is 9.45. The molecular weight excluding hydrogens is 195 g/mol. The Balaban J connectivity index is 2.55. The van der Waals surface area contributed by atoms with Gasteiger partial charge in [0.25, 0.3) is 0 Å². The number of nitrogen functional groups attached to an aromatic ring is 1. The van der Waals surface area contributed by atoms with Crippen LogP contribution in [0.15, 0.2) is 36.5 Å². The Kier molecular flexibility index (Phi) is 2.25. The van der Waals surface area contributed by atoms with Gasteiger partial charge >= 0.3 is 0 Å². The van der Waals surface area contributed by atoms with Gasteiger partial charge in [-0.3, -0.25) is 0 Å². The summed E-state index contributed by atoms with van der Waals surface area (Å²) in [5, 5.41) is 9.46. The number of aromatic hydroxyl groups is 1. The second-order valence-corrected chi connectivity index (χ2v) is 3.11. The predicted octanol–water partition coefficient (Wildman–Crippen LogP) is 2.18. The molecule has 1 aromatic heterocycles. The number of benzene rings is 1. The summed E-state index contributed by atoms with van der Waals surface area (Å²) in [6.45, 7) is 0. The van der Waals surface area contributed by atoms with Crippen LogP contribution in [-0.2, 0) is 0 Å². The van der Waals surface area contributed by atoms with E-state index in [0.29, 0.717) is 11.1 Å². The fraction of sp³-hybridized carbons (Fsp3) is 0. The highest BCUT2D eigenvalue weighted by atomic mass is 19.1. The monoisotopic (exact) mass is 204 g/mol. The summed E-state index contributed by atoms with van der Waals surface area (Å²) in [5.41, 5.74) is 6.47. The van der Waals surface area contributed by atoms with Gasteiger partial charge in [-0.05, 0) is 29.8 Å². The van der Waals surface area contributed by atoms with E-state index in [9.17, 15) is 9.50 Å². The third-order valence-electron chi connectivity index (χ3n) is 2.10. The van der Waals surface area contributed by atoms with Crippen LogP contribution in [0.5, 0.6) is 5.88 Å². The summed E-state index contributed by atoms with van der Waals surface area (Å²) in [6, 6.07) is 7.69. The molecule has 0 fully saturated rings. The van der Waals surface area contributed by atoms with E-state index < -0.39 is 5.82 Å². The Morgan fingerprint density at radius 3 is 2.73 bits per heavy atom. The Morgan fingerprint density at radius 2 is 2.07 bits per heavy atom. The van der Waals surface area contributed by atoms with Gasteiger partial charge in [0.15, 0.2) is 0 Å². The zero-order valence-electron chi connectivity index (χ0n) is 7.81. The minimum absolute atomic E-state index is 0.0853. The average Bonchev–Trinajstić information content (AvgIpc) is 2.23. The van der Waals surface area contributed by atoms with Gasteiger partial charge in [-0.15, -0.1) is 0 Å². The molecule has 0 aliphatic rings. The van der Waals surface area contributed by atoms with Crippen LogP contribution >= 0.6 is 0 Å². The molecule has 1 aromatic carbocycles. The van der Waals surface area contributed by atoms with Gasteiger partial charge in [-0.1, -0.05) is 6.07 Å². The van der Waals surface area contributed by atoms with Crippen LogP contribution in [0.3, 0.4) is 0 Å². The molecule has 0 aliphatic carbocycles. The summed E-state index contributed by atoms with van der Waals surface area (Å²) in [6.07, 6.45) is 1.46. The highest BCUT2D eigenvalue weighted by Crippen LogP contribution is 2.28. The molecule has 2 rings (SSSR count). The molecule has 0 unspecified atom stereocenters. The number of halogens is 1. The molecule has 0 aliphatic heterocycles. The topological polar surface area (TPSA) is 59.1 Å². The Morgan fingerprint density at radius 1 is 1.27 bits per heavy atom. The summed E-state index contributed by atoms with van der Waals surface area (Å²) < 4.78 is 13.2. The minimum atomic E-state index is -0.504. The van der Waals surface area contributed by atoms with Crippen molar-refractivity contribution in [3.05, 3.63) is 42.3 Å². The molecular formula is C11H9FN2O. The Labute approximate surface area is 86.0 Å². The normalized spacial score (nSPS) is 10.2. The highest BCUT2D eigenvalue weighted by molar-refractivity contribution is 5.69. The summed E-state index contributed by atoms with van der Waals surface area (Å²) in [5.74, 6) is -0.627. The number of pyridine rings is 1.